The Morgan fingerprint density at radius 1 is 1.15 bits per heavy atom. The van der Waals surface area contributed by atoms with E-state index in [1.165, 1.54) is 5.69 Å². The summed E-state index contributed by atoms with van der Waals surface area (Å²) >= 11 is 0. The van der Waals surface area contributed by atoms with Gasteiger partial charge in [0.1, 0.15) is 5.75 Å². The monoisotopic (exact) mass is 270 g/mol. The summed E-state index contributed by atoms with van der Waals surface area (Å²) in [6, 6.07) is 12.2. The predicted molar refractivity (Wildman–Crippen MR) is 76.1 cm³/mol. The van der Waals surface area contributed by atoms with Crippen molar-refractivity contribution < 1.29 is 9.84 Å². The summed E-state index contributed by atoms with van der Waals surface area (Å²) in [6.45, 7) is 1.96. The molecule has 3 heterocycles. The Hall–Kier alpha value is -1.78. The molecule has 4 heteroatoms. The summed E-state index contributed by atoms with van der Waals surface area (Å²) in [5, 5.41) is 13.0. The van der Waals surface area contributed by atoms with E-state index in [1.54, 1.807) is 0 Å². The first-order valence-corrected chi connectivity index (χ1v) is 7.15. The number of nitrogens with one attached hydrogen (secondary N) is 1. The molecule has 0 radical (unpaired) electrons. The zero-order chi connectivity index (χ0) is 13.6. The lowest BCUT2D eigenvalue weighted by Crippen LogP contribution is -2.47. The fourth-order valence-electron chi connectivity index (χ4n) is 3.42. The maximum atomic E-state index is 9.62. The minimum absolute atomic E-state index is 0.0443. The first-order chi connectivity index (χ1) is 9.84. The summed E-state index contributed by atoms with van der Waals surface area (Å²) in [6.07, 6.45) is 1.91. The van der Waals surface area contributed by atoms with Crippen LogP contribution >= 0.6 is 0 Å². The molecule has 1 spiro atoms. The zero-order valence-electron chi connectivity index (χ0n) is 11.3. The summed E-state index contributed by atoms with van der Waals surface area (Å²) in [4.78, 5) is 0. The van der Waals surface area contributed by atoms with E-state index in [2.05, 4.69) is 16.0 Å². The third-order valence-electron chi connectivity index (χ3n) is 4.41. The topological polar surface area (TPSA) is 46.4 Å². The summed E-state index contributed by atoms with van der Waals surface area (Å²) < 4.78 is 8.57. The van der Waals surface area contributed by atoms with Crippen molar-refractivity contribution in [1.82, 2.24) is 9.88 Å². The van der Waals surface area contributed by atoms with Gasteiger partial charge in [-0.2, -0.15) is 0 Å². The summed E-state index contributed by atoms with van der Waals surface area (Å²) in [7, 11) is 0. The van der Waals surface area contributed by atoms with Crippen molar-refractivity contribution in [3.63, 3.8) is 0 Å². The Labute approximate surface area is 118 Å². The maximum absolute atomic E-state index is 9.62. The lowest BCUT2D eigenvalue weighted by Gasteiger charge is -2.42. The van der Waals surface area contributed by atoms with Crippen LogP contribution in [0.4, 0.5) is 0 Å². The number of aliphatic hydroxyl groups is 1. The second-order valence-electron chi connectivity index (χ2n) is 5.52. The molecule has 0 unspecified atom stereocenters. The van der Waals surface area contributed by atoms with Crippen LogP contribution in [0.1, 0.15) is 24.2 Å². The van der Waals surface area contributed by atoms with Gasteiger partial charge >= 0.3 is 0 Å². The fourth-order valence-corrected chi connectivity index (χ4v) is 3.42. The number of rotatable bonds is 1. The number of hydrogen-bond acceptors (Lipinski definition) is 3. The second-order valence-corrected chi connectivity index (χ2v) is 5.52. The molecular formula is C16H18N2O2. The average Bonchev–Trinajstić information content (AvgIpc) is 2.94. The number of para-hydroxylation sites is 2. The van der Waals surface area contributed by atoms with Crippen LogP contribution in [0.3, 0.4) is 0 Å². The molecule has 1 aromatic carbocycles. The molecule has 4 rings (SSSR count). The Balaban J connectivity index is 1.95. The van der Waals surface area contributed by atoms with Crippen molar-refractivity contribution in [1.29, 1.82) is 0 Å². The highest BCUT2D eigenvalue weighted by molar-refractivity contribution is 5.53. The first-order valence-electron chi connectivity index (χ1n) is 7.15. The molecule has 20 heavy (non-hydrogen) atoms. The van der Waals surface area contributed by atoms with Crippen LogP contribution in [-0.2, 0) is 12.2 Å². The Morgan fingerprint density at radius 2 is 1.95 bits per heavy atom. The number of aliphatic hydroxyl groups excluding tert-OH is 1. The van der Waals surface area contributed by atoms with Crippen molar-refractivity contribution in [2.75, 3.05) is 13.1 Å². The highest BCUT2D eigenvalue weighted by atomic mass is 16.5. The van der Waals surface area contributed by atoms with Gasteiger partial charge in [0, 0.05) is 18.5 Å². The molecule has 1 saturated heterocycles. The number of hydrogen-bond donors (Lipinski definition) is 2. The van der Waals surface area contributed by atoms with Crippen LogP contribution in [0.15, 0.2) is 36.4 Å². The lowest BCUT2D eigenvalue weighted by atomic mass is 9.87. The van der Waals surface area contributed by atoms with E-state index in [4.69, 9.17) is 4.74 Å². The van der Waals surface area contributed by atoms with Gasteiger partial charge < -0.3 is 19.7 Å². The molecule has 4 nitrogen and oxygen atoms in total. The van der Waals surface area contributed by atoms with Gasteiger partial charge in [-0.3, -0.25) is 0 Å². The van der Waals surface area contributed by atoms with Crippen molar-refractivity contribution in [3.05, 3.63) is 47.8 Å². The van der Waals surface area contributed by atoms with Crippen LogP contribution in [0.5, 0.6) is 5.75 Å². The normalized spacial score (nSPS) is 19.2. The minimum atomic E-state index is -0.257. The first kappa shape index (κ1) is 12.0. The van der Waals surface area contributed by atoms with Crippen molar-refractivity contribution in [3.8, 4) is 11.4 Å². The number of piperidine rings is 1. The van der Waals surface area contributed by atoms with Gasteiger partial charge in [0.25, 0.3) is 0 Å². The number of nitrogens with zero attached hydrogens (tertiary/aromatic N) is 1. The molecule has 0 bridgehead atoms. The predicted octanol–water partition coefficient (Wildman–Crippen LogP) is 1.94. The van der Waals surface area contributed by atoms with Gasteiger partial charge in [-0.25, -0.2) is 0 Å². The van der Waals surface area contributed by atoms with Gasteiger partial charge in [-0.1, -0.05) is 12.1 Å². The van der Waals surface area contributed by atoms with Gasteiger partial charge in [0.05, 0.1) is 18.0 Å². The van der Waals surface area contributed by atoms with Crippen LogP contribution in [0, 0.1) is 0 Å². The van der Waals surface area contributed by atoms with E-state index in [9.17, 15) is 5.11 Å². The van der Waals surface area contributed by atoms with E-state index in [0.717, 1.165) is 43.1 Å². The second kappa shape index (κ2) is 4.36. The summed E-state index contributed by atoms with van der Waals surface area (Å²) in [5.41, 5.74) is 2.86. The molecule has 0 aliphatic carbocycles. The SMILES string of the molecule is OCc1ccc2n1-c1ccccc1OC21CCNCC1. The van der Waals surface area contributed by atoms with Gasteiger partial charge in [0.15, 0.2) is 5.60 Å². The van der Waals surface area contributed by atoms with E-state index >= 15 is 0 Å². The van der Waals surface area contributed by atoms with Crippen LogP contribution in [-0.4, -0.2) is 22.8 Å². The molecule has 1 fully saturated rings. The molecule has 0 saturated carbocycles. The third-order valence-corrected chi connectivity index (χ3v) is 4.41. The van der Waals surface area contributed by atoms with Crippen molar-refractivity contribution in [2.24, 2.45) is 0 Å². The van der Waals surface area contributed by atoms with Crippen LogP contribution in [0.2, 0.25) is 0 Å². The molecule has 2 aliphatic heterocycles. The minimum Gasteiger partial charge on any atom is -0.479 e. The quantitative estimate of drug-likeness (QED) is 0.832. The smallest absolute Gasteiger partial charge is 0.152 e. The summed E-state index contributed by atoms with van der Waals surface area (Å²) in [5.74, 6) is 0.910. The number of fused-ring (bicyclic) bond motifs is 4. The van der Waals surface area contributed by atoms with Crippen LogP contribution < -0.4 is 10.1 Å². The fraction of sp³-hybridized carbons (Fsp3) is 0.375. The molecule has 2 aliphatic rings. The zero-order valence-corrected chi connectivity index (χ0v) is 11.3. The van der Waals surface area contributed by atoms with Gasteiger partial charge in [0.2, 0.25) is 0 Å². The largest absolute Gasteiger partial charge is 0.479 e. The molecule has 2 aromatic rings. The van der Waals surface area contributed by atoms with E-state index < -0.39 is 0 Å². The molecule has 1 aromatic heterocycles. The van der Waals surface area contributed by atoms with Crippen molar-refractivity contribution >= 4 is 0 Å². The highest BCUT2D eigenvalue weighted by Gasteiger charge is 2.42. The van der Waals surface area contributed by atoms with E-state index in [-0.39, 0.29) is 12.2 Å². The van der Waals surface area contributed by atoms with Gasteiger partial charge in [-0.15, -0.1) is 0 Å². The number of benzene rings is 1. The Kier molecular flexibility index (Phi) is 2.62. The lowest BCUT2D eigenvalue weighted by molar-refractivity contribution is 0.0196. The standard InChI is InChI=1S/C16H18N2O2/c19-11-12-5-6-15-16(7-9-17-10-8-16)20-14-4-2-1-3-13(14)18(12)15/h1-6,17,19H,7-11H2. The maximum Gasteiger partial charge on any atom is 0.152 e. The molecule has 0 amide bonds. The highest BCUT2D eigenvalue weighted by Crippen LogP contribution is 2.44. The molecule has 104 valence electrons. The number of ether oxygens (including phenoxy) is 1. The Morgan fingerprint density at radius 3 is 2.75 bits per heavy atom. The van der Waals surface area contributed by atoms with Crippen molar-refractivity contribution in [2.45, 2.75) is 25.0 Å². The third kappa shape index (κ3) is 1.55. The van der Waals surface area contributed by atoms with E-state index in [1.807, 2.05) is 30.3 Å². The average molecular weight is 270 g/mol. The molecule has 2 N–H and O–H groups in total. The molecule has 0 atom stereocenters. The van der Waals surface area contributed by atoms with Gasteiger partial charge in [-0.05, 0) is 37.4 Å². The Bertz CT molecular complexity index is 642. The van der Waals surface area contributed by atoms with Crippen LogP contribution in [0.25, 0.3) is 5.69 Å². The van der Waals surface area contributed by atoms with E-state index in [0.29, 0.717) is 0 Å². The number of aromatic nitrogens is 1. The molecular weight excluding hydrogens is 252 g/mol.